The average Bonchev–Trinajstić information content (AvgIpc) is 3.55. The first-order chi connectivity index (χ1) is 23.3. The number of hydrogen-bond acceptors (Lipinski definition) is 2. The van der Waals surface area contributed by atoms with Crippen LogP contribution in [0.25, 0.3) is 83.3 Å². The van der Waals surface area contributed by atoms with E-state index in [0.29, 0.717) is 0 Å². The number of pyridine rings is 2. The van der Waals surface area contributed by atoms with Gasteiger partial charge in [-0.3, -0.25) is 4.40 Å². The highest BCUT2D eigenvalue weighted by Crippen LogP contribution is 2.39. The first kappa shape index (κ1) is 27.0. The van der Waals surface area contributed by atoms with Crippen LogP contribution in [-0.2, 0) is 0 Å². The van der Waals surface area contributed by atoms with Crippen LogP contribution in [-0.4, -0.2) is 14.4 Å². The molecular weight excluding hydrogens is 571 g/mol. The van der Waals surface area contributed by atoms with Crippen LogP contribution in [0.5, 0.6) is 0 Å². The molecule has 0 spiro atoms. The summed E-state index contributed by atoms with van der Waals surface area (Å²) in [6, 6.07) is 59.9. The zero-order valence-corrected chi connectivity index (χ0v) is 25.6. The van der Waals surface area contributed by atoms with E-state index in [2.05, 4.69) is 168 Å². The highest BCUT2D eigenvalue weighted by atomic mass is 15.0. The second-order valence-electron chi connectivity index (χ2n) is 11.8. The normalized spacial score (nSPS) is 11.4. The van der Waals surface area contributed by atoms with Crippen molar-refractivity contribution in [3.63, 3.8) is 0 Å². The van der Waals surface area contributed by atoms with Crippen LogP contribution in [0, 0.1) is 0 Å². The van der Waals surface area contributed by atoms with Crippen molar-refractivity contribution in [3.8, 4) is 56.0 Å². The monoisotopic (exact) mass is 599 g/mol. The molecule has 3 heteroatoms. The van der Waals surface area contributed by atoms with E-state index in [0.717, 1.165) is 61.4 Å². The highest BCUT2D eigenvalue weighted by Gasteiger charge is 2.17. The summed E-state index contributed by atoms with van der Waals surface area (Å²) >= 11 is 0. The molecule has 0 fully saturated rings. The molecule has 0 radical (unpaired) electrons. The largest absolute Gasteiger partial charge is 0.299 e. The molecule has 3 heterocycles. The maximum Gasteiger partial charge on any atom is 0.137 e. The Hall–Kier alpha value is -6.32. The van der Waals surface area contributed by atoms with Gasteiger partial charge in [-0.2, -0.15) is 0 Å². The first-order valence-corrected chi connectivity index (χ1v) is 15.9. The van der Waals surface area contributed by atoms with E-state index >= 15 is 0 Å². The van der Waals surface area contributed by atoms with Gasteiger partial charge < -0.3 is 0 Å². The Morgan fingerprint density at radius 1 is 0.362 bits per heavy atom. The Labute approximate surface area is 273 Å². The molecule has 47 heavy (non-hydrogen) atoms. The lowest BCUT2D eigenvalue weighted by atomic mass is 9.92. The lowest BCUT2D eigenvalue weighted by Crippen LogP contribution is -1.92. The van der Waals surface area contributed by atoms with Gasteiger partial charge in [0, 0.05) is 39.0 Å². The van der Waals surface area contributed by atoms with Gasteiger partial charge in [-0.25, -0.2) is 9.97 Å². The van der Waals surface area contributed by atoms with Gasteiger partial charge in [0.2, 0.25) is 0 Å². The fourth-order valence-electron chi connectivity index (χ4n) is 6.79. The van der Waals surface area contributed by atoms with E-state index in [1.54, 1.807) is 0 Å². The molecule has 0 aliphatic carbocycles. The summed E-state index contributed by atoms with van der Waals surface area (Å²) < 4.78 is 2.18. The number of fused-ring (bicyclic) bond motifs is 4. The van der Waals surface area contributed by atoms with Crippen molar-refractivity contribution in [2.45, 2.75) is 0 Å². The lowest BCUT2D eigenvalue weighted by Gasteiger charge is -2.14. The van der Waals surface area contributed by atoms with Gasteiger partial charge >= 0.3 is 0 Å². The number of imidazole rings is 1. The Kier molecular flexibility index (Phi) is 6.46. The molecule has 0 unspecified atom stereocenters. The molecule has 0 saturated carbocycles. The summed E-state index contributed by atoms with van der Waals surface area (Å²) in [5, 5.41) is 3.56. The number of benzene rings is 6. The van der Waals surface area contributed by atoms with Crippen LogP contribution in [0.2, 0.25) is 0 Å². The van der Waals surface area contributed by atoms with Crippen LogP contribution in [0.4, 0.5) is 0 Å². The maximum absolute atomic E-state index is 5.20. The quantitative estimate of drug-likeness (QED) is 0.184. The predicted molar refractivity (Wildman–Crippen MR) is 195 cm³/mol. The molecule has 9 aromatic rings. The Bertz CT molecular complexity index is 2530. The molecular formula is C44H29N3. The molecule has 0 atom stereocenters. The van der Waals surface area contributed by atoms with E-state index in [1.165, 1.54) is 21.9 Å². The molecule has 0 saturated heterocycles. The van der Waals surface area contributed by atoms with Crippen LogP contribution in [0.3, 0.4) is 0 Å². The molecule has 220 valence electrons. The van der Waals surface area contributed by atoms with Crippen molar-refractivity contribution in [1.29, 1.82) is 0 Å². The van der Waals surface area contributed by atoms with E-state index in [9.17, 15) is 0 Å². The Balaban J connectivity index is 1.11. The number of rotatable bonds is 5. The molecule has 0 amide bonds. The molecule has 0 N–H and O–H groups in total. The minimum atomic E-state index is 0.937. The number of aromatic nitrogens is 3. The lowest BCUT2D eigenvalue weighted by molar-refractivity contribution is 1.19. The number of para-hydroxylation sites is 1. The third kappa shape index (κ3) is 4.68. The van der Waals surface area contributed by atoms with Crippen molar-refractivity contribution in [2.75, 3.05) is 0 Å². The Morgan fingerprint density at radius 2 is 0.936 bits per heavy atom. The second-order valence-corrected chi connectivity index (χ2v) is 11.8. The Morgan fingerprint density at radius 3 is 1.68 bits per heavy atom. The maximum atomic E-state index is 5.20. The fraction of sp³-hybridized carbons (Fsp3) is 0. The summed E-state index contributed by atoms with van der Waals surface area (Å²) in [6.07, 6.45) is 2.09. The number of hydrogen-bond donors (Lipinski definition) is 0. The van der Waals surface area contributed by atoms with Gasteiger partial charge in [0.1, 0.15) is 5.65 Å². The van der Waals surface area contributed by atoms with Crippen molar-refractivity contribution >= 4 is 27.3 Å². The zero-order chi connectivity index (χ0) is 31.2. The van der Waals surface area contributed by atoms with Crippen molar-refractivity contribution in [3.05, 3.63) is 176 Å². The second kappa shape index (κ2) is 11.2. The standard InChI is InChI=1S/C44H29N3/c1-3-12-32(13-4-1)36-17-11-18-38-41(36)37-16-7-8-19-39(37)45-42(38)34-25-21-30(22-26-34)31-23-27-35(28-24-31)44-43(33-14-5-2-6-15-33)46-40-20-9-10-29-47(40)44/h1-29H. The first-order valence-electron chi connectivity index (χ1n) is 15.9. The molecule has 3 aromatic heterocycles. The summed E-state index contributed by atoms with van der Waals surface area (Å²) in [6.45, 7) is 0. The SMILES string of the molecule is c1ccc(-c2nc3ccccn3c2-c2ccc(-c3ccc(-c4nc5ccccc5c5c(-c6ccccc6)cccc45)cc3)cc2)cc1. The van der Waals surface area contributed by atoms with Gasteiger partial charge in [0.15, 0.2) is 0 Å². The molecule has 0 bridgehead atoms. The summed E-state index contributed by atoms with van der Waals surface area (Å²) in [7, 11) is 0. The predicted octanol–water partition coefficient (Wildman–Crippen LogP) is 11.4. The average molecular weight is 600 g/mol. The fourth-order valence-corrected chi connectivity index (χ4v) is 6.79. The van der Waals surface area contributed by atoms with E-state index in [1.807, 2.05) is 12.1 Å². The highest BCUT2D eigenvalue weighted by molar-refractivity contribution is 6.17. The summed E-state index contributed by atoms with van der Waals surface area (Å²) in [4.78, 5) is 10.2. The smallest absolute Gasteiger partial charge is 0.137 e. The molecule has 3 nitrogen and oxygen atoms in total. The van der Waals surface area contributed by atoms with E-state index < -0.39 is 0 Å². The third-order valence-corrected chi connectivity index (χ3v) is 9.04. The van der Waals surface area contributed by atoms with Crippen LogP contribution in [0.1, 0.15) is 0 Å². The number of nitrogens with zero attached hydrogens (tertiary/aromatic N) is 3. The van der Waals surface area contributed by atoms with Gasteiger partial charge in [0.25, 0.3) is 0 Å². The zero-order valence-electron chi connectivity index (χ0n) is 25.6. The van der Waals surface area contributed by atoms with Crippen molar-refractivity contribution in [2.24, 2.45) is 0 Å². The molecule has 0 aliphatic rings. The molecule has 9 rings (SSSR count). The topological polar surface area (TPSA) is 30.2 Å². The molecule has 0 aliphatic heterocycles. The minimum absolute atomic E-state index is 0.937. The van der Waals surface area contributed by atoms with Crippen LogP contribution < -0.4 is 0 Å². The summed E-state index contributed by atoms with van der Waals surface area (Å²) in [5.74, 6) is 0. The van der Waals surface area contributed by atoms with E-state index in [-0.39, 0.29) is 0 Å². The van der Waals surface area contributed by atoms with Crippen LogP contribution in [0.15, 0.2) is 176 Å². The summed E-state index contributed by atoms with van der Waals surface area (Å²) in [5.41, 5.74) is 13.1. The van der Waals surface area contributed by atoms with Gasteiger partial charge in [-0.05, 0) is 40.5 Å². The van der Waals surface area contributed by atoms with Crippen LogP contribution >= 0.6 is 0 Å². The van der Waals surface area contributed by atoms with Gasteiger partial charge in [0.05, 0.1) is 22.6 Å². The molecule has 6 aromatic carbocycles. The third-order valence-electron chi connectivity index (χ3n) is 9.04. The van der Waals surface area contributed by atoms with Crippen molar-refractivity contribution in [1.82, 2.24) is 14.4 Å². The minimum Gasteiger partial charge on any atom is -0.299 e. The van der Waals surface area contributed by atoms with E-state index in [4.69, 9.17) is 9.97 Å². The van der Waals surface area contributed by atoms with Crippen molar-refractivity contribution < 1.29 is 0 Å². The van der Waals surface area contributed by atoms with Gasteiger partial charge in [-0.15, -0.1) is 0 Å². The van der Waals surface area contributed by atoms with Gasteiger partial charge in [-0.1, -0.05) is 152 Å².